The fourth-order valence-corrected chi connectivity index (χ4v) is 2.17. The molecule has 1 heterocycles. The summed E-state index contributed by atoms with van der Waals surface area (Å²) in [6, 6.07) is 9.55. The zero-order valence-electron chi connectivity index (χ0n) is 10.3. The molecule has 0 saturated carbocycles. The molecule has 0 radical (unpaired) electrons. The van der Waals surface area contributed by atoms with Gasteiger partial charge in [-0.2, -0.15) is 0 Å². The first kappa shape index (κ1) is 12.5. The number of carbonyl (C=O) groups excluding carboxylic acids is 1. The lowest BCUT2D eigenvalue weighted by atomic mass is 10.2. The average molecular weight is 246 g/mol. The van der Waals surface area contributed by atoms with E-state index in [2.05, 4.69) is 6.58 Å². The first-order valence-corrected chi connectivity index (χ1v) is 6.10. The lowest BCUT2D eigenvalue weighted by Gasteiger charge is -2.23. The number of carbonyl (C=O) groups is 1. The molecule has 1 amide bonds. The Bertz CT molecular complexity index is 431. The van der Waals surface area contributed by atoms with Crippen molar-refractivity contribution in [2.45, 2.75) is 25.5 Å². The monoisotopic (exact) mass is 246 g/mol. The van der Waals surface area contributed by atoms with E-state index in [4.69, 9.17) is 10.5 Å². The van der Waals surface area contributed by atoms with Crippen molar-refractivity contribution in [3.63, 3.8) is 0 Å². The van der Waals surface area contributed by atoms with Crippen LogP contribution in [0.3, 0.4) is 0 Å². The van der Waals surface area contributed by atoms with Crippen molar-refractivity contribution in [2.75, 3.05) is 6.54 Å². The first-order valence-electron chi connectivity index (χ1n) is 6.10. The van der Waals surface area contributed by atoms with Crippen LogP contribution in [0.2, 0.25) is 0 Å². The van der Waals surface area contributed by atoms with E-state index in [1.54, 1.807) is 4.90 Å². The summed E-state index contributed by atoms with van der Waals surface area (Å²) in [6.07, 6.45) is 1.50. The number of benzene rings is 1. The van der Waals surface area contributed by atoms with Crippen molar-refractivity contribution < 1.29 is 9.53 Å². The van der Waals surface area contributed by atoms with Crippen molar-refractivity contribution in [2.24, 2.45) is 5.73 Å². The summed E-state index contributed by atoms with van der Waals surface area (Å²) in [4.78, 5) is 13.6. The third-order valence-electron chi connectivity index (χ3n) is 3.12. The molecule has 1 atom stereocenters. The molecule has 1 saturated heterocycles. The maximum Gasteiger partial charge on any atom is 0.410 e. The number of nitrogens with zero attached hydrogens (tertiary/aromatic N) is 1. The van der Waals surface area contributed by atoms with E-state index in [1.165, 1.54) is 0 Å². The molecule has 0 spiro atoms. The molecule has 1 aliphatic heterocycles. The van der Waals surface area contributed by atoms with E-state index in [1.807, 2.05) is 30.3 Å². The average Bonchev–Trinajstić information content (AvgIpc) is 2.86. The number of hydrogen-bond donors (Lipinski definition) is 1. The molecule has 2 rings (SSSR count). The standard InChI is InChI=1S/C14H18N2O2/c1-11(15)13-8-5-9-16(13)14(17)18-10-12-6-3-2-4-7-12/h2-4,6-7,13H,1,5,8-10,15H2/t13-/m0/s1. The van der Waals surface area contributed by atoms with Gasteiger partial charge in [0, 0.05) is 12.2 Å². The highest BCUT2D eigenvalue weighted by molar-refractivity contribution is 5.69. The minimum atomic E-state index is -0.312. The summed E-state index contributed by atoms with van der Waals surface area (Å²) in [6.45, 7) is 4.70. The molecular weight excluding hydrogens is 228 g/mol. The highest BCUT2D eigenvalue weighted by Crippen LogP contribution is 2.21. The lowest BCUT2D eigenvalue weighted by molar-refractivity contribution is 0.0961. The Labute approximate surface area is 107 Å². The number of rotatable bonds is 3. The third-order valence-corrected chi connectivity index (χ3v) is 3.12. The van der Waals surface area contributed by atoms with E-state index < -0.39 is 0 Å². The second-order valence-electron chi connectivity index (χ2n) is 4.47. The van der Waals surface area contributed by atoms with Gasteiger partial charge in [0.1, 0.15) is 6.61 Å². The van der Waals surface area contributed by atoms with E-state index in [0.717, 1.165) is 18.4 Å². The van der Waals surface area contributed by atoms with Crippen LogP contribution >= 0.6 is 0 Å². The molecular formula is C14H18N2O2. The normalized spacial score (nSPS) is 18.7. The summed E-state index contributed by atoms with van der Waals surface area (Å²) < 4.78 is 5.28. The Balaban J connectivity index is 1.90. The largest absolute Gasteiger partial charge is 0.445 e. The van der Waals surface area contributed by atoms with Crippen LogP contribution in [-0.2, 0) is 11.3 Å². The van der Waals surface area contributed by atoms with Gasteiger partial charge in [-0.25, -0.2) is 4.79 Å². The summed E-state index contributed by atoms with van der Waals surface area (Å²) >= 11 is 0. The van der Waals surface area contributed by atoms with Gasteiger partial charge < -0.3 is 10.5 Å². The molecule has 2 N–H and O–H groups in total. The van der Waals surface area contributed by atoms with E-state index in [0.29, 0.717) is 18.8 Å². The molecule has 1 aliphatic rings. The van der Waals surface area contributed by atoms with Crippen molar-refractivity contribution in [1.29, 1.82) is 0 Å². The van der Waals surface area contributed by atoms with Crippen LogP contribution in [0.25, 0.3) is 0 Å². The van der Waals surface area contributed by atoms with Crippen LogP contribution in [0.5, 0.6) is 0 Å². The molecule has 0 aromatic heterocycles. The molecule has 96 valence electrons. The van der Waals surface area contributed by atoms with Crippen molar-refractivity contribution >= 4 is 6.09 Å². The Morgan fingerprint density at radius 3 is 2.83 bits per heavy atom. The molecule has 0 aliphatic carbocycles. The Hall–Kier alpha value is -1.97. The van der Waals surface area contributed by atoms with Crippen LogP contribution in [0.4, 0.5) is 4.79 Å². The van der Waals surface area contributed by atoms with Crippen molar-refractivity contribution in [3.05, 3.63) is 48.2 Å². The van der Waals surface area contributed by atoms with Gasteiger partial charge in [0.05, 0.1) is 6.04 Å². The molecule has 0 unspecified atom stereocenters. The number of hydrogen-bond acceptors (Lipinski definition) is 3. The quantitative estimate of drug-likeness (QED) is 0.890. The van der Waals surface area contributed by atoms with Gasteiger partial charge in [-0.1, -0.05) is 36.9 Å². The zero-order chi connectivity index (χ0) is 13.0. The van der Waals surface area contributed by atoms with Gasteiger partial charge in [-0.05, 0) is 18.4 Å². The first-order chi connectivity index (χ1) is 8.68. The van der Waals surface area contributed by atoms with Gasteiger partial charge in [0.2, 0.25) is 0 Å². The Kier molecular flexibility index (Phi) is 3.87. The van der Waals surface area contributed by atoms with Gasteiger partial charge in [-0.15, -0.1) is 0 Å². The van der Waals surface area contributed by atoms with Crippen LogP contribution in [0.1, 0.15) is 18.4 Å². The number of amides is 1. The maximum absolute atomic E-state index is 11.9. The number of likely N-dealkylation sites (tertiary alicyclic amines) is 1. The topological polar surface area (TPSA) is 55.6 Å². The van der Waals surface area contributed by atoms with E-state index in [-0.39, 0.29) is 12.1 Å². The van der Waals surface area contributed by atoms with Crippen LogP contribution in [0, 0.1) is 0 Å². The number of ether oxygens (including phenoxy) is 1. The van der Waals surface area contributed by atoms with Crippen molar-refractivity contribution in [1.82, 2.24) is 4.90 Å². The van der Waals surface area contributed by atoms with Gasteiger partial charge in [0.25, 0.3) is 0 Å². The van der Waals surface area contributed by atoms with Gasteiger partial charge in [0.15, 0.2) is 0 Å². The molecule has 4 heteroatoms. The SMILES string of the molecule is C=C(N)[C@@H]1CCCN1C(=O)OCc1ccccc1. The lowest BCUT2D eigenvalue weighted by Crippen LogP contribution is -2.38. The fraction of sp³-hybridized carbons (Fsp3) is 0.357. The minimum absolute atomic E-state index is 0.0757. The molecule has 4 nitrogen and oxygen atoms in total. The van der Waals surface area contributed by atoms with Crippen molar-refractivity contribution in [3.8, 4) is 0 Å². The predicted octanol–water partition coefficient (Wildman–Crippen LogP) is 2.26. The Morgan fingerprint density at radius 1 is 1.44 bits per heavy atom. The minimum Gasteiger partial charge on any atom is -0.445 e. The fourth-order valence-electron chi connectivity index (χ4n) is 2.17. The third kappa shape index (κ3) is 2.83. The highest BCUT2D eigenvalue weighted by atomic mass is 16.6. The summed E-state index contributed by atoms with van der Waals surface area (Å²) in [5.74, 6) is 0. The summed E-state index contributed by atoms with van der Waals surface area (Å²) in [5, 5.41) is 0. The molecule has 18 heavy (non-hydrogen) atoms. The number of nitrogens with two attached hydrogens (primary N) is 1. The maximum atomic E-state index is 11.9. The summed E-state index contributed by atoms with van der Waals surface area (Å²) in [5.41, 5.74) is 7.20. The van der Waals surface area contributed by atoms with E-state index >= 15 is 0 Å². The molecule has 0 bridgehead atoms. The molecule has 1 aromatic rings. The highest BCUT2D eigenvalue weighted by Gasteiger charge is 2.30. The predicted molar refractivity (Wildman–Crippen MR) is 69.7 cm³/mol. The second-order valence-corrected chi connectivity index (χ2v) is 4.47. The summed E-state index contributed by atoms with van der Waals surface area (Å²) in [7, 11) is 0. The van der Waals surface area contributed by atoms with Gasteiger partial charge >= 0.3 is 6.09 Å². The Morgan fingerprint density at radius 2 is 2.17 bits per heavy atom. The van der Waals surface area contributed by atoms with Crippen LogP contribution in [0.15, 0.2) is 42.6 Å². The molecule has 1 fully saturated rings. The van der Waals surface area contributed by atoms with E-state index in [9.17, 15) is 4.79 Å². The van der Waals surface area contributed by atoms with Crippen LogP contribution < -0.4 is 5.73 Å². The molecule has 1 aromatic carbocycles. The second kappa shape index (κ2) is 5.58. The van der Waals surface area contributed by atoms with Gasteiger partial charge in [-0.3, -0.25) is 4.90 Å². The zero-order valence-corrected chi connectivity index (χ0v) is 10.3. The smallest absolute Gasteiger partial charge is 0.410 e. The van der Waals surface area contributed by atoms with Crippen LogP contribution in [-0.4, -0.2) is 23.6 Å².